The predicted molar refractivity (Wildman–Crippen MR) is 84.2 cm³/mol. The molecule has 1 aromatic carbocycles. The van der Waals surface area contributed by atoms with Gasteiger partial charge in [0.2, 0.25) is 0 Å². The van der Waals surface area contributed by atoms with Crippen LogP contribution in [0.5, 0.6) is 0 Å². The molecule has 0 amide bonds. The van der Waals surface area contributed by atoms with E-state index in [1.165, 1.54) is 6.07 Å². The summed E-state index contributed by atoms with van der Waals surface area (Å²) >= 11 is 18.0. The Labute approximate surface area is 141 Å². The molecule has 1 unspecified atom stereocenters. The highest BCUT2D eigenvalue weighted by atomic mass is 35.5. The van der Waals surface area contributed by atoms with Gasteiger partial charge < -0.3 is 5.73 Å². The van der Waals surface area contributed by atoms with Crippen LogP contribution < -0.4 is 5.73 Å². The fourth-order valence-electron chi connectivity index (χ4n) is 2.41. The van der Waals surface area contributed by atoms with E-state index in [1.807, 2.05) is 0 Å². The first-order chi connectivity index (χ1) is 10.3. The van der Waals surface area contributed by atoms with Gasteiger partial charge >= 0.3 is 6.18 Å². The Hall–Kier alpha value is -0.680. The summed E-state index contributed by atoms with van der Waals surface area (Å²) in [7, 11) is 0. The SMILES string of the molecule is NCCc1ccc(C2CC=C(Cl)C(Cl)=C2Cl)cc1C(F)(F)F. The summed E-state index contributed by atoms with van der Waals surface area (Å²) in [5.74, 6) is -0.426. The minimum absolute atomic E-state index is 0.149. The molecular weight excluding hydrogens is 358 g/mol. The van der Waals surface area contributed by atoms with Crippen molar-refractivity contribution in [2.24, 2.45) is 5.73 Å². The minimum atomic E-state index is -4.44. The smallest absolute Gasteiger partial charge is 0.330 e. The highest BCUT2D eigenvalue weighted by Gasteiger charge is 2.34. The van der Waals surface area contributed by atoms with Gasteiger partial charge in [0, 0.05) is 11.0 Å². The van der Waals surface area contributed by atoms with Crippen molar-refractivity contribution in [3.63, 3.8) is 0 Å². The maximum atomic E-state index is 13.2. The average molecular weight is 371 g/mol. The van der Waals surface area contributed by atoms with Gasteiger partial charge in [0.15, 0.2) is 0 Å². The molecule has 0 radical (unpaired) electrons. The van der Waals surface area contributed by atoms with Gasteiger partial charge in [-0.15, -0.1) is 0 Å². The molecule has 1 aliphatic carbocycles. The van der Waals surface area contributed by atoms with Crippen LogP contribution in [0.25, 0.3) is 0 Å². The van der Waals surface area contributed by atoms with Crippen LogP contribution in [0.15, 0.2) is 39.4 Å². The quantitative estimate of drug-likeness (QED) is 0.746. The van der Waals surface area contributed by atoms with Gasteiger partial charge in [0.25, 0.3) is 0 Å². The summed E-state index contributed by atoms with van der Waals surface area (Å²) in [5, 5.41) is 0.756. The van der Waals surface area contributed by atoms with E-state index in [1.54, 1.807) is 12.1 Å². The topological polar surface area (TPSA) is 26.0 Å². The van der Waals surface area contributed by atoms with Crippen molar-refractivity contribution in [3.05, 3.63) is 56.1 Å². The molecule has 120 valence electrons. The third-order valence-electron chi connectivity index (χ3n) is 3.51. The number of halogens is 6. The van der Waals surface area contributed by atoms with E-state index in [4.69, 9.17) is 40.5 Å². The molecule has 2 N–H and O–H groups in total. The predicted octanol–water partition coefficient (Wildman–Crippen LogP) is 5.51. The molecule has 1 nitrogen and oxygen atoms in total. The van der Waals surface area contributed by atoms with Crippen LogP contribution in [0.1, 0.15) is 29.0 Å². The fraction of sp³-hybridized carbons (Fsp3) is 0.333. The molecule has 1 atom stereocenters. The first-order valence-corrected chi connectivity index (χ1v) is 7.70. The van der Waals surface area contributed by atoms with Crippen molar-refractivity contribution in [1.82, 2.24) is 0 Å². The summed E-state index contributed by atoms with van der Waals surface area (Å²) < 4.78 is 39.6. The molecule has 0 heterocycles. The molecule has 1 aromatic rings. The number of alkyl halides is 3. The Morgan fingerprint density at radius 1 is 1.18 bits per heavy atom. The number of rotatable bonds is 3. The van der Waals surface area contributed by atoms with Crippen molar-refractivity contribution >= 4 is 34.8 Å². The van der Waals surface area contributed by atoms with Crippen LogP contribution in [0.2, 0.25) is 0 Å². The molecule has 0 aromatic heterocycles. The molecule has 0 fully saturated rings. The van der Waals surface area contributed by atoms with E-state index in [9.17, 15) is 13.2 Å². The van der Waals surface area contributed by atoms with Gasteiger partial charge in [0.05, 0.1) is 15.6 Å². The Balaban J connectivity index is 2.46. The molecule has 0 bridgehead atoms. The average Bonchev–Trinajstić information content (AvgIpc) is 2.45. The number of allylic oxidation sites excluding steroid dienone is 4. The highest BCUT2D eigenvalue weighted by Crippen LogP contribution is 2.43. The molecule has 0 saturated heterocycles. The number of hydrogen-bond donors (Lipinski definition) is 1. The Bertz CT molecular complexity index is 635. The van der Waals surface area contributed by atoms with Crippen LogP contribution >= 0.6 is 34.8 Å². The zero-order valence-electron chi connectivity index (χ0n) is 11.4. The van der Waals surface area contributed by atoms with E-state index in [0.29, 0.717) is 17.0 Å². The van der Waals surface area contributed by atoms with Crippen molar-refractivity contribution in [2.75, 3.05) is 6.54 Å². The molecule has 22 heavy (non-hydrogen) atoms. The van der Waals surface area contributed by atoms with Crippen molar-refractivity contribution in [2.45, 2.75) is 24.9 Å². The monoisotopic (exact) mass is 369 g/mol. The second-order valence-corrected chi connectivity index (χ2v) is 6.15. The summed E-state index contributed by atoms with van der Waals surface area (Å²) in [6.07, 6.45) is -2.22. The number of benzene rings is 1. The zero-order valence-corrected chi connectivity index (χ0v) is 13.6. The number of nitrogens with two attached hydrogens (primary N) is 1. The van der Waals surface area contributed by atoms with E-state index in [-0.39, 0.29) is 28.6 Å². The Kier molecular flexibility index (Phi) is 5.49. The maximum Gasteiger partial charge on any atom is 0.416 e. The van der Waals surface area contributed by atoms with Crippen molar-refractivity contribution in [3.8, 4) is 0 Å². The highest BCUT2D eigenvalue weighted by molar-refractivity contribution is 6.48. The van der Waals surface area contributed by atoms with Gasteiger partial charge in [-0.25, -0.2) is 0 Å². The third-order valence-corrected chi connectivity index (χ3v) is 4.91. The van der Waals surface area contributed by atoms with Gasteiger partial charge in [-0.2, -0.15) is 13.2 Å². The van der Waals surface area contributed by atoms with E-state index in [2.05, 4.69) is 0 Å². The number of hydrogen-bond acceptors (Lipinski definition) is 1. The summed E-state index contributed by atoms with van der Waals surface area (Å²) in [6.45, 7) is 0.149. The van der Waals surface area contributed by atoms with Crippen LogP contribution in [-0.2, 0) is 12.6 Å². The normalized spacial score (nSPS) is 19.4. The lowest BCUT2D eigenvalue weighted by molar-refractivity contribution is -0.138. The van der Waals surface area contributed by atoms with Crippen molar-refractivity contribution < 1.29 is 13.2 Å². The van der Waals surface area contributed by atoms with Crippen molar-refractivity contribution in [1.29, 1.82) is 0 Å². The first-order valence-electron chi connectivity index (χ1n) is 6.57. The fourth-order valence-corrected chi connectivity index (χ4v) is 3.18. The van der Waals surface area contributed by atoms with E-state index in [0.717, 1.165) is 6.07 Å². The second kappa shape index (κ2) is 6.83. The third kappa shape index (κ3) is 3.62. The van der Waals surface area contributed by atoms with Crippen LogP contribution in [0.3, 0.4) is 0 Å². The first kappa shape index (κ1) is 17.7. The molecule has 0 aliphatic heterocycles. The molecular formula is C15H13Cl3F3N. The molecule has 0 saturated carbocycles. The molecule has 2 rings (SSSR count). The molecule has 0 spiro atoms. The standard InChI is InChI=1S/C15H13Cl3F3N/c16-12-4-3-10(13(17)14(12)18)9-2-1-8(5-6-22)11(7-9)15(19,20)21/h1-2,4,7,10H,3,5-6,22H2. The maximum absolute atomic E-state index is 13.2. The van der Waals surface area contributed by atoms with Gasteiger partial charge in [-0.05, 0) is 36.6 Å². The lowest BCUT2D eigenvalue weighted by Gasteiger charge is -2.22. The van der Waals surface area contributed by atoms with Gasteiger partial charge in [-0.1, -0.05) is 53.0 Å². The lowest BCUT2D eigenvalue weighted by Crippen LogP contribution is -2.14. The van der Waals surface area contributed by atoms with Crippen LogP contribution in [0.4, 0.5) is 13.2 Å². The second-order valence-electron chi connectivity index (χ2n) is 4.96. The van der Waals surface area contributed by atoms with Gasteiger partial charge in [0.1, 0.15) is 0 Å². The van der Waals surface area contributed by atoms with Gasteiger partial charge in [-0.3, -0.25) is 0 Å². The lowest BCUT2D eigenvalue weighted by atomic mass is 9.89. The Morgan fingerprint density at radius 3 is 2.45 bits per heavy atom. The van der Waals surface area contributed by atoms with E-state index < -0.39 is 17.7 Å². The Morgan fingerprint density at radius 2 is 1.86 bits per heavy atom. The molecule has 7 heteroatoms. The largest absolute Gasteiger partial charge is 0.416 e. The molecule has 1 aliphatic rings. The van der Waals surface area contributed by atoms with Crippen LogP contribution in [0, 0.1) is 0 Å². The van der Waals surface area contributed by atoms with Crippen LogP contribution in [-0.4, -0.2) is 6.54 Å². The summed E-state index contributed by atoms with van der Waals surface area (Å²) in [5.41, 5.74) is 5.32. The summed E-state index contributed by atoms with van der Waals surface area (Å²) in [4.78, 5) is 0. The minimum Gasteiger partial charge on any atom is -0.330 e. The zero-order chi connectivity index (χ0) is 16.5. The summed E-state index contributed by atoms with van der Waals surface area (Å²) in [6, 6.07) is 4.20. The van der Waals surface area contributed by atoms with E-state index >= 15 is 0 Å².